The molecule has 1 fully saturated rings. The second-order valence-electron chi connectivity index (χ2n) is 4.91. The Morgan fingerprint density at radius 3 is 2.28 bits per heavy atom. The number of aliphatic carboxylic acids is 1. The average molecular weight is 257 g/mol. The maximum atomic E-state index is 11.9. The van der Waals surface area contributed by atoms with Crippen LogP contribution in [0.2, 0.25) is 0 Å². The molecule has 0 atom stereocenters. The van der Waals surface area contributed by atoms with Gasteiger partial charge in [0.25, 0.3) is 0 Å². The summed E-state index contributed by atoms with van der Waals surface area (Å²) < 4.78 is 0. The van der Waals surface area contributed by atoms with Gasteiger partial charge in [0.05, 0.1) is 0 Å². The first-order valence-electron chi connectivity index (χ1n) is 5.89. The van der Waals surface area contributed by atoms with Gasteiger partial charge in [-0.25, -0.2) is 4.79 Å². The Balaban J connectivity index is 2.63. The molecule has 0 radical (unpaired) electrons. The Kier molecular flexibility index (Phi) is 4.52. The van der Waals surface area contributed by atoms with Crippen molar-refractivity contribution in [2.24, 2.45) is 5.73 Å². The normalized spacial score (nSPS) is 17.2. The predicted octanol–water partition coefficient (Wildman–Crippen LogP) is -0.0994. The van der Waals surface area contributed by atoms with Crippen LogP contribution in [0.1, 0.15) is 32.6 Å². The van der Waals surface area contributed by atoms with Gasteiger partial charge >= 0.3 is 12.0 Å². The summed E-state index contributed by atoms with van der Waals surface area (Å²) in [6.45, 7) is 0.986. The molecule has 0 aliphatic heterocycles. The summed E-state index contributed by atoms with van der Waals surface area (Å²) in [6, 6.07) is -0.555. The van der Waals surface area contributed by atoms with Gasteiger partial charge in [-0.05, 0) is 19.8 Å². The predicted molar refractivity (Wildman–Crippen MR) is 63.8 cm³/mol. The van der Waals surface area contributed by atoms with Crippen molar-refractivity contribution in [3.8, 4) is 0 Å². The number of carbonyl (C=O) groups is 3. The van der Waals surface area contributed by atoms with E-state index in [4.69, 9.17) is 10.8 Å². The number of hydrogen-bond acceptors (Lipinski definition) is 3. The molecule has 0 aromatic carbocycles. The van der Waals surface area contributed by atoms with Crippen LogP contribution in [0, 0.1) is 0 Å². The van der Waals surface area contributed by atoms with E-state index in [1.165, 1.54) is 0 Å². The lowest BCUT2D eigenvalue weighted by Gasteiger charge is -2.29. The van der Waals surface area contributed by atoms with Gasteiger partial charge in [-0.3, -0.25) is 9.59 Å². The summed E-state index contributed by atoms with van der Waals surface area (Å²) >= 11 is 0. The van der Waals surface area contributed by atoms with Crippen LogP contribution in [0.3, 0.4) is 0 Å². The molecule has 4 N–H and O–H groups in total. The second-order valence-corrected chi connectivity index (χ2v) is 4.91. The highest BCUT2D eigenvalue weighted by Crippen LogP contribution is 2.28. The van der Waals surface area contributed by atoms with Crippen molar-refractivity contribution in [2.75, 3.05) is 13.1 Å². The van der Waals surface area contributed by atoms with Crippen molar-refractivity contribution in [2.45, 2.75) is 38.1 Å². The number of urea groups is 1. The Labute approximate surface area is 105 Å². The number of nitrogens with zero attached hydrogens (tertiary/aromatic N) is 1. The number of nitrogens with two attached hydrogens (primary N) is 1. The molecule has 0 heterocycles. The van der Waals surface area contributed by atoms with Crippen molar-refractivity contribution in [1.82, 2.24) is 10.2 Å². The molecular formula is C11H19N3O4. The molecule has 0 unspecified atom stereocenters. The highest BCUT2D eigenvalue weighted by molar-refractivity contribution is 5.86. The van der Waals surface area contributed by atoms with Crippen molar-refractivity contribution in [3.05, 3.63) is 0 Å². The van der Waals surface area contributed by atoms with Gasteiger partial charge in [-0.15, -0.1) is 0 Å². The molecule has 102 valence electrons. The number of nitrogens with one attached hydrogen (secondary N) is 1. The van der Waals surface area contributed by atoms with Crippen LogP contribution in [-0.2, 0) is 9.59 Å². The molecule has 1 saturated carbocycles. The van der Waals surface area contributed by atoms with E-state index in [2.05, 4.69) is 5.32 Å². The first-order valence-corrected chi connectivity index (χ1v) is 5.89. The lowest BCUT2D eigenvalue weighted by molar-refractivity contribution is -0.137. The Bertz CT molecular complexity index is 334. The average Bonchev–Trinajstić information content (AvgIpc) is 2.62. The van der Waals surface area contributed by atoms with Crippen LogP contribution in [0.15, 0.2) is 0 Å². The minimum Gasteiger partial charge on any atom is -0.480 e. The molecule has 18 heavy (non-hydrogen) atoms. The Morgan fingerprint density at radius 1 is 1.28 bits per heavy atom. The van der Waals surface area contributed by atoms with E-state index in [9.17, 15) is 14.4 Å². The molecule has 0 saturated heterocycles. The summed E-state index contributed by atoms with van der Waals surface area (Å²) in [5.41, 5.74) is 4.68. The molecule has 1 rings (SSSR count). The van der Waals surface area contributed by atoms with Crippen LogP contribution < -0.4 is 11.1 Å². The van der Waals surface area contributed by atoms with Crippen LogP contribution >= 0.6 is 0 Å². The maximum absolute atomic E-state index is 11.9. The molecule has 7 nitrogen and oxygen atoms in total. The third kappa shape index (κ3) is 4.23. The number of carboxylic acids is 1. The molecule has 0 aromatic rings. The zero-order valence-electron chi connectivity index (χ0n) is 10.4. The second kappa shape index (κ2) is 5.70. The Hall–Kier alpha value is -1.79. The van der Waals surface area contributed by atoms with Gasteiger partial charge in [0.15, 0.2) is 0 Å². The summed E-state index contributed by atoms with van der Waals surface area (Å²) in [4.78, 5) is 34.3. The Morgan fingerprint density at radius 2 is 1.83 bits per heavy atom. The minimum atomic E-state index is -1.18. The lowest BCUT2D eigenvalue weighted by atomic mass is 10.0. The van der Waals surface area contributed by atoms with E-state index in [-0.39, 0.29) is 5.54 Å². The van der Waals surface area contributed by atoms with Gasteiger partial charge in [0.2, 0.25) is 5.91 Å². The fraction of sp³-hybridized carbons (Fsp3) is 0.727. The van der Waals surface area contributed by atoms with Gasteiger partial charge in [0.1, 0.15) is 13.1 Å². The standard InChI is InChI=1S/C11H19N3O4/c1-11(4-2-3-5-11)13-10(18)14(6-8(12)15)7-9(16)17/h2-7H2,1H3,(H2,12,15)(H,13,18)(H,16,17). The number of primary amides is 1. The molecule has 0 spiro atoms. The quantitative estimate of drug-likeness (QED) is 0.638. The van der Waals surface area contributed by atoms with E-state index in [0.29, 0.717) is 0 Å². The number of carboxylic acid groups (broad SMARTS) is 1. The number of hydrogen-bond donors (Lipinski definition) is 3. The topological polar surface area (TPSA) is 113 Å². The zero-order chi connectivity index (χ0) is 13.8. The maximum Gasteiger partial charge on any atom is 0.323 e. The van der Waals surface area contributed by atoms with Crippen molar-refractivity contribution >= 4 is 17.9 Å². The van der Waals surface area contributed by atoms with E-state index in [1.807, 2.05) is 6.92 Å². The summed E-state index contributed by atoms with van der Waals surface area (Å²) in [5.74, 6) is -1.91. The van der Waals surface area contributed by atoms with E-state index in [1.54, 1.807) is 0 Å². The number of carbonyl (C=O) groups excluding carboxylic acids is 2. The molecule has 3 amide bonds. The third-order valence-electron chi connectivity index (χ3n) is 3.08. The summed E-state index contributed by atoms with van der Waals surface area (Å²) in [7, 11) is 0. The highest BCUT2D eigenvalue weighted by atomic mass is 16.4. The van der Waals surface area contributed by atoms with Gasteiger partial charge < -0.3 is 21.1 Å². The van der Waals surface area contributed by atoms with Crippen LogP contribution in [0.5, 0.6) is 0 Å². The summed E-state index contributed by atoms with van der Waals surface area (Å²) in [5, 5.41) is 11.5. The van der Waals surface area contributed by atoms with Crippen molar-refractivity contribution in [1.29, 1.82) is 0 Å². The van der Waals surface area contributed by atoms with E-state index in [0.717, 1.165) is 30.6 Å². The SMILES string of the molecule is CC1(NC(=O)N(CC(N)=O)CC(=O)O)CCCC1. The summed E-state index contributed by atoms with van der Waals surface area (Å²) in [6.07, 6.45) is 3.78. The molecular weight excluding hydrogens is 238 g/mol. The molecule has 7 heteroatoms. The molecule has 0 aromatic heterocycles. The number of amides is 3. The smallest absolute Gasteiger partial charge is 0.323 e. The first kappa shape index (κ1) is 14.3. The van der Waals surface area contributed by atoms with Crippen LogP contribution in [0.25, 0.3) is 0 Å². The fourth-order valence-corrected chi connectivity index (χ4v) is 2.17. The zero-order valence-corrected chi connectivity index (χ0v) is 10.4. The molecule has 0 bridgehead atoms. The third-order valence-corrected chi connectivity index (χ3v) is 3.08. The van der Waals surface area contributed by atoms with Gasteiger partial charge in [-0.2, -0.15) is 0 Å². The molecule has 1 aliphatic rings. The van der Waals surface area contributed by atoms with E-state index >= 15 is 0 Å². The first-order chi connectivity index (χ1) is 8.32. The highest BCUT2D eigenvalue weighted by Gasteiger charge is 2.32. The molecule has 1 aliphatic carbocycles. The number of rotatable bonds is 5. The van der Waals surface area contributed by atoms with Gasteiger partial charge in [0, 0.05) is 5.54 Å². The van der Waals surface area contributed by atoms with Crippen LogP contribution in [-0.4, -0.2) is 46.5 Å². The van der Waals surface area contributed by atoms with Gasteiger partial charge in [-0.1, -0.05) is 12.8 Å². The fourth-order valence-electron chi connectivity index (χ4n) is 2.17. The van der Waals surface area contributed by atoms with Crippen LogP contribution in [0.4, 0.5) is 4.79 Å². The largest absolute Gasteiger partial charge is 0.480 e. The van der Waals surface area contributed by atoms with E-state index < -0.39 is 31.0 Å². The lowest BCUT2D eigenvalue weighted by Crippen LogP contribution is -2.53. The minimum absolute atomic E-state index is 0.314. The monoisotopic (exact) mass is 257 g/mol. The van der Waals surface area contributed by atoms with Crippen molar-refractivity contribution in [3.63, 3.8) is 0 Å². The van der Waals surface area contributed by atoms with Crippen molar-refractivity contribution < 1.29 is 19.5 Å².